The van der Waals surface area contributed by atoms with Crippen LogP contribution in [0.15, 0.2) is 24.5 Å². The van der Waals surface area contributed by atoms with E-state index in [1.165, 1.54) is 5.69 Å². The molecule has 0 fully saturated rings. The molecular formula is C12H16N4. The lowest BCUT2D eigenvalue weighted by Gasteiger charge is -2.17. The van der Waals surface area contributed by atoms with E-state index in [1.54, 1.807) is 18.5 Å². The Morgan fingerprint density at radius 2 is 1.75 bits per heavy atom. The Morgan fingerprint density at radius 3 is 2.25 bits per heavy atom. The predicted molar refractivity (Wildman–Crippen MR) is 62.9 cm³/mol. The highest BCUT2D eigenvalue weighted by Gasteiger charge is 2.20. The maximum atomic E-state index is 4.44. The fourth-order valence-electron chi connectivity index (χ4n) is 1.71. The van der Waals surface area contributed by atoms with Gasteiger partial charge >= 0.3 is 0 Å². The minimum absolute atomic E-state index is 0.0782. The molecule has 0 bridgehead atoms. The van der Waals surface area contributed by atoms with E-state index in [9.17, 15) is 0 Å². The summed E-state index contributed by atoms with van der Waals surface area (Å²) in [5.74, 6) is 0.675. The van der Waals surface area contributed by atoms with Crippen LogP contribution in [0.5, 0.6) is 0 Å². The van der Waals surface area contributed by atoms with Gasteiger partial charge in [0.15, 0.2) is 5.82 Å². The summed E-state index contributed by atoms with van der Waals surface area (Å²) in [5.41, 5.74) is 2.08. The average Bonchev–Trinajstić information content (AvgIpc) is 2.61. The molecule has 2 aromatic rings. The summed E-state index contributed by atoms with van der Waals surface area (Å²) in [4.78, 5) is 8.40. The SMILES string of the molecule is Cn1nc(-c2ncccn2)cc1C(C)(C)C. The molecule has 2 aromatic heterocycles. The van der Waals surface area contributed by atoms with Gasteiger partial charge in [0, 0.05) is 30.6 Å². The Labute approximate surface area is 95.4 Å². The van der Waals surface area contributed by atoms with Crippen LogP contribution in [0, 0.1) is 0 Å². The van der Waals surface area contributed by atoms with E-state index in [0.29, 0.717) is 5.82 Å². The number of hydrogen-bond donors (Lipinski definition) is 0. The third-order valence-corrected chi connectivity index (χ3v) is 2.44. The fourth-order valence-corrected chi connectivity index (χ4v) is 1.71. The van der Waals surface area contributed by atoms with Crippen molar-refractivity contribution in [2.24, 2.45) is 7.05 Å². The van der Waals surface area contributed by atoms with Crippen molar-refractivity contribution >= 4 is 0 Å². The highest BCUT2D eigenvalue weighted by Crippen LogP contribution is 2.25. The molecule has 2 heterocycles. The Kier molecular flexibility index (Phi) is 2.50. The molecular weight excluding hydrogens is 200 g/mol. The molecule has 0 saturated heterocycles. The second-order valence-electron chi connectivity index (χ2n) is 4.86. The summed E-state index contributed by atoms with van der Waals surface area (Å²) in [6.45, 7) is 6.50. The lowest BCUT2D eigenvalue weighted by molar-refractivity contribution is 0.523. The topological polar surface area (TPSA) is 43.6 Å². The Balaban J connectivity index is 2.47. The van der Waals surface area contributed by atoms with E-state index in [1.807, 2.05) is 11.7 Å². The number of aromatic nitrogens is 4. The van der Waals surface area contributed by atoms with E-state index in [4.69, 9.17) is 0 Å². The number of nitrogens with zero attached hydrogens (tertiary/aromatic N) is 4. The van der Waals surface area contributed by atoms with E-state index in [-0.39, 0.29) is 5.41 Å². The van der Waals surface area contributed by atoms with Crippen molar-refractivity contribution in [2.45, 2.75) is 26.2 Å². The molecule has 0 radical (unpaired) electrons. The first-order chi connectivity index (χ1) is 7.48. The average molecular weight is 216 g/mol. The van der Waals surface area contributed by atoms with Crippen molar-refractivity contribution in [3.8, 4) is 11.5 Å². The zero-order chi connectivity index (χ0) is 11.8. The van der Waals surface area contributed by atoms with Crippen LogP contribution in [0.1, 0.15) is 26.5 Å². The van der Waals surface area contributed by atoms with Crippen LogP contribution in [0.3, 0.4) is 0 Å². The number of aryl methyl sites for hydroxylation is 1. The van der Waals surface area contributed by atoms with Crippen LogP contribution in [0.25, 0.3) is 11.5 Å². The minimum atomic E-state index is 0.0782. The van der Waals surface area contributed by atoms with Crippen molar-refractivity contribution < 1.29 is 0 Å². The molecule has 16 heavy (non-hydrogen) atoms. The first-order valence-corrected chi connectivity index (χ1v) is 5.30. The normalized spacial score (nSPS) is 11.8. The van der Waals surface area contributed by atoms with Crippen LogP contribution in [0.2, 0.25) is 0 Å². The quantitative estimate of drug-likeness (QED) is 0.733. The highest BCUT2D eigenvalue weighted by molar-refractivity contribution is 5.49. The molecule has 0 unspecified atom stereocenters. The largest absolute Gasteiger partial charge is 0.271 e. The molecule has 84 valence electrons. The Hall–Kier alpha value is -1.71. The predicted octanol–water partition coefficient (Wildman–Crippen LogP) is 2.17. The smallest absolute Gasteiger partial charge is 0.179 e. The second-order valence-corrected chi connectivity index (χ2v) is 4.86. The zero-order valence-corrected chi connectivity index (χ0v) is 10.1. The van der Waals surface area contributed by atoms with Crippen LogP contribution < -0.4 is 0 Å². The fraction of sp³-hybridized carbons (Fsp3) is 0.417. The highest BCUT2D eigenvalue weighted by atomic mass is 15.3. The van der Waals surface area contributed by atoms with Gasteiger partial charge < -0.3 is 0 Å². The third-order valence-electron chi connectivity index (χ3n) is 2.44. The lowest BCUT2D eigenvalue weighted by atomic mass is 9.92. The molecule has 4 nitrogen and oxygen atoms in total. The molecule has 0 saturated carbocycles. The molecule has 0 amide bonds. The Morgan fingerprint density at radius 1 is 1.12 bits per heavy atom. The maximum absolute atomic E-state index is 4.44. The zero-order valence-electron chi connectivity index (χ0n) is 10.1. The van der Waals surface area contributed by atoms with Crippen molar-refractivity contribution in [2.75, 3.05) is 0 Å². The van der Waals surface area contributed by atoms with Crippen molar-refractivity contribution in [3.05, 3.63) is 30.2 Å². The van der Waals surface area contributed by atoms with Crippen LogP contribution in [-0.4, -0.2) is 19.7 Å². The summed E-state index contributed by atoms with van der Waals surface area (Å²) in [7, 11) is 1.95. The molecule has 4 heteroatoms. The Bertz CT molecular complexity index is 479. The van der Waals surface area contributed by atoms with Crippen molar-refractivity contribution in [1.29, 1.82) is 0 Å². The van der Waals surface area contributed by atoms with Crippen LogP contribution in [0.4, 0.5) is 0 Å². The maximum Gasteiger partial charge on any atom is 0.179 e. The molecule has 0 aromatic carbocycles. The first kappa shape index (κ1) is 10.8. The van der Waals surface area contributed by atoms with Gasteiger partial charge in [0.25, 0.3) is 0 Å². The molecule has 0 aliphatic rings. The van der Waals surface area contributed by atoms with Crippen LogP contribution >= 0.6 is 0 Å². The monoisotopic (exact) mass is 216 g/mol. The van der Waals surface area contributed by atoms with Crippen molar-refractivity contribution in [3.63, 3.8) is 0 Å². The molecule has 0 aliphatic heterocycles. The summed E-state index contributed by atoms with van der Waals surface area (Å²) in [5, 5.41) is 4.44. The van der Waals surface area contributed by atoms with E-state index in [0.717, 1.165) is 5.69 Å². The molecule has 0 spiro atoms. The van der Waals surface area contributed by atoms with Gasteiger partial charge in [-0.05, 0) is 12.1 Å². The van der Waals surface area contributed by atoms with Crippen molar-refractivity contribution in [1.82, 2.24) is 19.7 Å². The van der Waals surface area contributed by atoms with E-state index >= 15 is 0 Å². The van der Waals surface area contributed by atoms with Gasteiger partial charge in [0.2, 0.25) is 0 Å². The third kappa shape index (κ3) is 1.96. The van der Waals surface area contributed by atoms with Gasteiger partial charge in [-0.1, -0.05) is 20.8 Å². The number of hydrogen-bond acceptors (Lipinski definition) is 3. The lowest BCUT2D eigenvalue weighted by Crippen LogP contribution is -2.16. The van der Waals surface area contributed by atoms with Gasteiger partial charge in [-0.2, -0.15) is 5.10 Å². The van der Waals surface area contributed by atoms with E-state index in [2.05, 4.69) is 41.9 Å². The van der Waals surface area contributed by atoms with Gasteiger partial charge in [-0.15, -0.1) is 0 Å². The van der Waals surface area contributed by atoms with E-state index < -0.39 is 0 Å². The summed E-state index contributed by atoms with van der Waals surface area (Å²) in [6, 6.07) is 3.85. The summed E-state index contributed by atoms with van der Waals surface area (Å²) < 4.78 is 1.89. The molecule has 2 rings (SSSR count). The van der Waals surface area contributed by atoms with Gasteiger partial charge in [-0.3, -0.25) is 4.68 Å². The molecule has 0 atom stereocenters. The summed E-state index contributed by atoms with van der Waals surface area (Å²) in [6.07, 6.45) is 3.46. The van der Waals surface area contributed by atoms with Gasteiger partial charge in [-0.25, -0.2) is 9.97 Å². The summed E-state index contributed by atoms with van der Waals surface area (Å²) >= 11 is 0. The number of rotatable bonds is 1. The van der Waals surface area contributed by atoms with Crippen LogP contribution in [-0.2, 0) is 12.5 Å². The van der Waals surface area contributed by atoms with Gasteiger partial charge in [0.05, 0.1) is 0 Å². The standard InChI is InChI=1S/C12H16N4/c1-12(2,3)10-8-9(15-16(10)4)11-13-6-5-7-14-11/h5-8H,1-4H3. The van der Waals surface area contributed by atoms with Gasteiger partial charge in [0.1, 0.15) is 5.69 Å². The first-order valence-electron chi connectivity index (χ1n) is 5.30. The molecule has 0 N–H and O–H groups in total. The molecule has 0 aliphatic carbocycles. The minimum Gasteiger partial charge on any atom is -0.271 e. The second kappa shape index (κ2) is 3.70.